The maximum Gasteiger partial charge on any atom is 0.349 e. The van der Waals surface area contributed by atoms with Crippen molar-refractivity contribution in [1.82, 2.24) is 15.2 Å². The summed E-state index contributed by atoms with van der Waals surface area (Å²) in [6, 6.07) is 9.79. The van der Waals surface area contributed by atoms with Gasteiger partial charge in [0.1, 0.15) is 11.3 Å². The van der Waals surface area contributed by atoms with Gasteiger partial charge in [-0.2, -0.15) is 0 Å². The Morgan fingerprint density at radius 2 is 1.97 bits per heavy atom. The lowest BCUT2D eigenvalue weighted by Crippen LogP contribution is -2.34. The summed E-state index contributed by atoms with van der Waals surface area (Å²) in [5, 5.41) is 3.66. The molecule has 0 spiro atoms. The van der Waals surface area contributed by atoms with Gasteiger partial charge >= 0.3 is 5.63 Å². The molecule has 0 saturated heterocycles. The van der Waals surface area contributed by atoms with Gasteiger partial charge in [0.25, 0.3) is 5.91 Å². The van der Waals surface area contributed by atoms with Crippen LogP contribution >= 0.6 is 0 Å². The quantitative estimate of drug-likeness (QED) is 0.642. The minimum absolute atomic E-state index is 0.0141. The maximum absolute atomic E-state index is 12.6. The van der Waals surface area contributed by atoms with Gasteiger partial charge < -0.3 is 19.6 Å². The maximum atomic E-state index is 12.6. The highest BCUT2D eigenvalue weighted by molar-refractivity contribution is 5.95. The standard InChI is InChI=1S/C22H25N3O4/c1-14-12-16(9-8-15-13-24-18-7-5-4-6-17(15)18)29-22(28)20(14)21(27)25(3)11-10-19(26)23-2/h4-7,12-13,24H,8-11H2,1-3H3,(H,23,26). The van der Waals surface area contributed by atoms with Gasteiger partial charge in [0.05, 0.1) is 0 Å². The summed E-state index contributed by atoms with van der Waals surface area (Å²) < 4.78 is 5.43. The molecular weight excluding hydrogens is 370 g/mol. The number of H-pyrrole nitrogens is 1. The van der Waals surface area contributed by atoms with E-state index in [2.05, 4.69) is 16.4 Å². The zero-order valence-corrected chi connectivity index (χ0v) is 16.9. The smallest absolute Gasteiger partial charge is 0.349 e. The molecule has 3 aromatic rings. The number of carbonyl (C=O) groups is 2. The molecule has 0 saturated carbocycles. The predicted molar refractivity (Wildman–Crippen MR) is 111 cm³/mol. The zero-order chi connectivity index (χ0) is 21.0. The van der Waals surface area contributed by atoms with Gasteiger partial charge in [-0.15, -0.1) is 0 Å². The molecule has 0 radical (unpaired) electrons. The molecule has 1 aromatic carbocycles. The number of benzene rings is 1. The third-order valence-electron chi connectivity index (χ3n) is 5.03. The molecule has 0 aliphatic heterocycles. The molecule has 2 heterocycles. The number of aryl methyl sites for hydroxylation is 3. The van der Waals surface area contributed by atoms with Gasteiger partial charge in [-0.3, -0.25) is 9.59 Å². The monoisotopic (exact) mass is 395 g/mol. The molecule has 0 aliphatic carbocycles. The van der Waals surface area contributed by atoms with Crippen LogP contribution in [0, 0.1) is 6.92 Å². The Kier molecular flexibility index (Phi) is 6.16. The Hall–Kier alpha value is -3.35. The predicted octanol–water partition coefficient (Wildman–Crippen LogP) is 2.42. The number of nitrogens with zero attached hydrogens (tertiary/aromatic N) is 1. The fourth-order valence-electron chi connectivity index (χ4n) is 3.34. The number of aromatic amines is 1. The highest BCUT2D eigenvalue weighted by Crippen LogP contribution is 2.20. The van der Waals surface area contributed by atoms with Crippen molar-refractivity contribution in [2.24, 2.45) is 0 Å². The van der Waals surface area contributed by atoms with Crippen molar-refractivity contribution in [2.75, 3.05) is 20.6 Å². The van der Waals surface area contributed by atoms with Gasteiger partial charge in [0.2, 0.25) is 5.91 Å². The first-order valence-electron chi connectivity index (χ1n) is 9.55. The fraction of sp³-hybridized carbons (Fsp3) is 0.318. The van der Waals surface area contributed by atoms with Gasteiger partial charge in [-0.1, -0.05) is 18.2 Å². The molecule has 152 valence electrons. The second-order valence-electron chi connectivity index (χ2n) is 7.07. The molecule has 29 heavy (non-hydrogen) atoms. The summed E-state index contributed by atoms with van der Waals surface area (Å²) in [6.45, 7) is 1.95. The first-order chi connectivity index (χ1) is 13.9. The Morgan fingerprint density at radius 1 is 1.21 bits per heavy atom. The lowest BCUT2D eigenvalue weighted by atomic mass is 10.1. The molecule has 7 nitrogen and oxygen atoms in total. The zero-order valence-electron chi connectivity index (χ0n) is 16.9. The van der Waals surface area contributed by atoms with Crippen LogP contribution in [-0.2, 0) is 17.6 Å². The first kappa shape index (κ1) is 20.4. The van der Waals surface area contributed by atoms with Crippen LogP contribution < -0.4 is 10.9 Å². The van der Waals surface area contributed by atoms with Crippen molar-refractivity contribution in [3.63, 3.8) is 0 Å². The first-order valence-corrected chi connectivity index (χ1v) is 9.55. The number of carbonyl (C=O) groups excluding carboxylic acids is 2. The Labute approximate surface area is 168 Å². The minimum Gasteiger partial charge on any atom is -0.427 e. The third kappa shape index (κ3) is 4.56. The SMILES string of the molecule is CNC(=O)CCN(C)C(=O)c1c(C)cc(CCc2c[nH]c3ccccc23)oc1=O. The van der Waals surface area contributed by atoms with Crippen molar-refractivity contribution in [1.29, 1.82) is 0 Å². The van der Waals surface area contributed by atoms with Gasteiger partial charge in [-0.05, 0) is 36.6 Å². The lowest BCUT2D eigenvalue weighted by Gasteiger charge is -2.17. The third-order valence-corrected chi connectivity index (χ3v) is 5.03. The van der Waals surface area contributed by atoms with E-state index in [4.69, 9.17) is 4.42 Å². The molecule has 0 bridgehead atoms. The number of hydrogen-bond donors (Lipinski definition) is 2. The largest absolute Gasteiger partial charge is 0.427 e. The summed E-state index contributed by atoms with van der Waals surface area (Å²) in [6.07, 6.45) is 3.41. The van der Waals surface area contributed by atoms with E-state index in [0.29, 0.717) is 24.2 Å². The number of amides is 2. The topological polar surface area (TPSA) is 95.4 Å². The van der Waals surface area contributed by atoms with E-state index >= 15 is 0 Å². The van der Waals surface area contributed by atoms with Crippen LogP contribution in [0.1, 0.15) is 33.7 Å². The van der Waals surface area contributed by atoms with Crippen LogP contribution in [0.2, 0.25) is 0 Å². The second kappa shape index (κ2) is 8.77. The van der Waals surface area contributed by atoms with Crippen molar-refractivity contribution in [2.45, 2.75) is 26.2 Å². The van der Waals surface area contributed by atoms with E-state index in [0.717, 1.165) is 16.5 Å². The Bertz CT molecular complexity index is 1100. The normalized spacial score (nSPS) is 10.9. The van der Waals surface area contributed by atoms with E-state index in [1.807, 2.05) is 24.4 Å². The summed E-state index contributed by atoms with van der Waals surface area (Å²) in [4.78, 5) is 41.1. The van der Waals surface area contributed by atoms with Gasteiger partial charge in [0, 0.05) is 50.6 Å². The summed E-state index contributed by atoms with van der Waals surface area (Å²) in [5.74, 6) is -0.0632. The van der Waals surface area contributed by atoms with E-state index in [-0.39, 0.29) is 24.4 Å². The van der Waals surface area contributed by atoms with Crippen LogP contribution in [0.4, 0.5) is 0 Å². The fourth-order valence-corrected chi connectivity index (χ4v) is 3.34. The van der Waals surface area contributed by atoms with Crippen molar-refractivity contribution in [3.8, 4) is 0 Å². The molecule has 7 heteroatoms. The van der Waals surface area contributed by atoms with Crippen LogP contribution in [0.25, 0.3) is 10.9 Å². The molecular formula is C22H25N3O4. The number of nitrogens with one attached hydrogen (secondary N) is 2. The molecule has 2 N–H and O–H groups in total. The second-order valence-corrected chi connectivity index (χ2v) is 7.07. The van der Waals surface area contributed by atoms with E-state index in [1.54, 1.807) is 20.0 Å². The Balaban J connectivity index is 1.72. The number of aromatic nitrogens is 1. The van der Waals surface area contributed by atoms with Gasteiger partial charge in [-0.25, -0.2) is 4.79 Å². The van der Waals surface area contributed by atoms with E-state index < -0.39 is 11.5 Å². The lowest BCUT2D eigenvalue weighted by molar-refractivity contribution is -0.120. The minimum atomic E-state index is -0.643. The van der Waals surface area contributed by atoms with Crippen molar-refractivity contribution >= 4 is 22.7 Å². The number of hydrogen-bond acceptors (Lipinski definition) is 4. The molecule has 0 aliphatic rings. The number of fused-ring (bicyclic) bond motifs is 1. The molecule has 2 amide bonds. The van der Waals surface area contributed by atoms with Crippen molar-refractivity contribution < 1.29 is 14.0 Å². The molecule has 3 rings (SSSR count). The highest BCUT2D eigenvalue weighted by atomic mass is 16.4. The molecule has 0 fully saturated rings. The summed E-state index contributed by atoms with van der Waals surface area (Å²) in [7, 11) is 3.10. The van der Waals surface area contributed by atoms with Crippen LogP contribution in [-0.4, -0.2) is 42.3 Å². The average molecular weight is 395 g/mol. The Morgan fingerprint density at radius 3 is 2.69 bits per heavy atom. The van der Waals surface area contributed by atoms with Crippen molar-refractivity contribution in [3.05, 3.63) is 69.4 Å². The van der Waals surface area contributed by atoms with Crippen LogP contribution in [0.15, 0.2) is 45.7 Å². The summed E-state index contributed by atoms with van der Waals surface area (Å²) in [5.41, 5.74) is 2.17. The highest BCUT2D eigenvalue weighted by Gasteiger charge is 2.21. The van der Waals surface area contributed by atoms with E-state index in [9.17, 15) is 14.4 Å². The van der Waals surface area contributed by atoms with E-state index in [1.165, 1.54) is 11.9 Å². The van der Waals surface area contributed by atoms with Gasteiger partial charge in [0.15, 0.2) is 0 Å². The number of rotatable bonds is 7. The number of para-hydroxylation sites is 1. The molecule has 2 aromatic heterocycles. The average Bonchev–Trinajstić information content (AvgIpc) is 3.12. The van der Waals surface area contributed by atoms with Crippen LogP contribution in [0.3, 0.4) is 0 Å². The molecule has 0 atom stereocenters. The van der Waals surface area contributed by atoms with Crippen LogP contribution in [0.5, 0.6) is 0 Å². The molecule has 0 unspecified atom stereocenters. The summed E-state index contributed by atoms with van der Waals surface area (Å²) >= 11 is 0.